The molecule has 0 radical (unpaired) electrons. The molecule has 2 heterocycles. The minimum absolute atomic E-state index is 0.205. The number of amides is 1. The molecule has 2 aliphatic heterocycles. The van der Waals surface area contributed by atoms with Crippen molar-refractivity contribution in [3.8, 4) is 0 Å². The van der Waals surface area contributed by atoms with Crippen molar-refractivity contribution in [2.45, 2.75) is 96.1 Å². The number of likely N-dealkylation sites (tertiary alicyclic amines) is 2. The molecule has 132 valence electrons. The van der Waals surface area contributed by atoms with E-state index in [1.807, 2.05) is 0 Å². The third-order valence-electron chi connectivity index (χ3n) is 7.01. The smallest absolute Gasteiger partial charge is 0.223 e. The minimum Gasteiger partial charge on any atom is -0.337 e. The Balaban J connectivity index is 1.67. The molecule has 2 atom stereocenters. The van der Waals surface area contributed by atoms with Crippen LogP contribution in [0.1, 0.15) is 84.5 Å². The zero-order chi connectivity index (χ0) is 16.3. The molecule has 1 aliphatic carbocycles. The van der Waals surface area contributed by atoms with Crippen LogP contribution in [0.3, 0.4) is 0 Å². The molecule has 0 bridgehead atoms. The average Bonchev–Trinajstić information content (AvgIpc) is 2.77. The molecule has 3 rings (SSSR count). The number of nitrogens with zero attached hydrogens (tertiary/aromatic N) is 2. The first-order valence-electron chi connectivity index (χ1n) is 10.2. The van der Waals surface area contributed by atoms with Crippen molar-refractivity contribution in [3.05, 3.63) is 0 Å². The number of carbonyl (C=O) groups is 1. The van der Waals surface area contributed by atoms with Crippen LogP contribution in [-0.2, 0) is 4.79 Å². The Kier molecular flexibility index (Phi) is 5.66. The Morgan fingerprint density at radius 1 is 1.09 bits per heavy atom. The van der Waals surface area contributed by atoms with Gasteiger partial charge in [-0.3, -0.25) is 4.79 Å². The number of hydrogen-bond acceptors (Lipinski definition) is 2. The van der Waals surface area contributed by atoms with Crippen LogP contribution in [-0.4, -0.2) is 46.9 Å². The zero-order valence-electron chi connectivity index (χ0n) is 15.4. The molecule has 3 aliphatic rings. The van der Waals surface area contributed by atoms with Gasteiger partial charge in [-0.15, -0.1) is 0 Å². The van der Waals surface area contributed by atoms with Gasteiger partial charge < -0.3 is 9.80 Å². The predicted octanol–water partition coefficient (Wildman–Crippen LogP) is 4.21. The summed E-state index contributed by atoms with van der Waals surface area (Å²) in [4.78, 5) is 17.6. The van der Waals surface area contributed by atoms with E-state index in [9.17, 15) is 4.79 Å². The largest absolute Gasteiger partial charge is 0.337 e. The zero-order valence-corrected chi connectivity index (χ0v) is 15.4. The molecule has 1 spiro atoms. The van der Waals surface area contributed by atoms with Gasteiger partial charge in [-0.05, 0) is 64.3 Å². The Bertz CT molecular complexity index is 404. The van der Waals surface area contributed by atoms with E-state index in [1.165, 1.54) is 70.9 Å². The normalized spacial score (nSPS) is 32.4. The summed E-state index contributed by atoms with van der Waals surface area (Å²) >= 11 is 0. The predicted molar refractivity (Wildman–Crippen MR) is 95.4 cm³/mol. The summed E-state index contributed by atoms with van der Waals surface area (Å²) in [5.74, 6) is 1.23. The van der Waals surface area contributed by atoms with Gasteiger partial charge in [0.25, 0.3) is 0 Å². The number of rotatable bonds is 4. The van der Waals surface area contributed by atoms with Gasteiger partial charge in [0, 0.05) is 31.1 Å². The maximum atomic E-state index is 12.6. The summed E-state index contributed by atoms with van der Waals surface area (Å²) in [6.07, 6.45) is 13.7. The molecular weight excluding hydrogens is 284 g/mol. The van der Waals surface area contributed by atoms with Crippen LogP contribution < -0.4 is 0 Å². The second kappa shape index (κ2) is 7.55. The van der Waals surface area contributed by atoms with Crippen molar-refractivity contribution < 1.29 is 4.79 Å². The third-order valence-corrected chi connectivity index (χ3v) is 7.01. The monoisotopic (exact) mass is 320 g/mol. The maximum absolute atomic E-state index is 12.6. The fraction of sp³-hybridized carbons (Fsp3) is 0.950. The molecule has 2 saturated heterocycles. The SMILES string of the molecule is CC[C@H](C)N1CCC[C@@]2(CCC(=O)N2CC2CCCCC2)CC1. The van der Waals surface area contributed by atoms with Crippen molar-refractivity contribution >= 4 is 5.91 Å². The van der Waals surface area contributed by atoms with Gasteiger partial charge in [0.05, 0.1) is 0 Å². The van der Waals surface area contributed by atoms with Gasteiger partial charge in [0.1, 0.15) is 0 Å². The van der Waals surface area contributed by atoms with Crippen LogP contribution in [0.15, 0.2) is 0 Å². The molecule has 0 aromatic heterocycles. The van der Waals surface area contributed by atoms with Gasteiger partial charge in [-0.25, -0.2) is 0 Å². The molecule has 3 nitrogen and oxygen atoms in total. The van der Waals surface area contributed by atoms with Gasteiger partial charge in [-0.2, -0.15) is 0 Å². The lowest BCUT2D eigenvalue weighted by Gasteiger charge is -2.41. The Hall–Kier alpha value is -0.570. The van der Waals surface area contributed by atoms with Crippen molar-refractivity contribution in [1.82, 2.24) is 9.80 Å². The topological polar surface area (TPSA) is 23.6 Å². The Morgan fingerprint density at radius 3 is 2.61 bits per heavy atom. The maximum Gasteiger partial charge on any atom is 0.223 e. The van der Waals surface area contributed by atoms with Crippen molar-refractivity contribution in [2.24, 2.45) is 5.92 Å². The summed E-state index contributed by atoms with van der Waals surface area (Å²) in [7, 11) is 0. The van der Waals surface area contributed by atoms with Crippen LogP contribution in [0.5, 0.6) is 0 Å². The van der Waals surface area contributed by atoms with E-state index in [1.54, 1.807) is 0 Å². The fourth-order valence-electron chi connectivity index (χ4n) is 5.22. The van der Waals surface area contributed by atoms with Crippen molar-refractivity contribution in [1.29, 1.82) is 0 Å². The molecule has 1 amide bonds. The Morgan fingerprint density at radius 2 is 1.87 bits per heavy atom. The van der Waals surface area contributed by atoms with Crippen LogP contribution in [0.4, 0.5) is 0 Å². The number of hydrogen-bond donors (Lipinski definition) is 0. The van der Waals surface area contributed by atoms with Gasteiger partial charge in [-0.1, -0.05) is 26.2 Å². The fourth-order valence-corrected chi connectivity index (χ4v) is 5.22. The first kappa shape index (κ1) is 17.3. The first-order chi connectivity index (χ1) is 11.1. The van der Waals surface area contributed by atoms with Crippen molar-refractivity contribution in [2.75, 3.05) is 19.6 Å². The van der Waals surface area contributed by atoms with E-state index in [4.69, 9.17) is 0 Å². The molecule has 0 aromatic rings. The third kappa shape index (κ3) is 3.75. The van der Waals surface area contributed by atoms with E-state index in [-0.39, 0.29) is 5.54 Å². The second-order valence-electron chi connectivity index (χ2n) is 8.38. The quantitative estimate of drug-likeness (QED) is 0.774. The highest BCUT2D eigenvalue weighted by atomic mass is 16.2. The molecule has 3 fully saturated rings. The highest BCUT2D eigenvalue weighted by Crippen LogP contribution is 2.41. The lowest BCUT2D eigenvalue weighted by Crippen LogP contribution is -2.48. The standard InChI is InChI=1S/C20H36N2O/c1-3-17(2)21-14-7-11-20(13-15-21)12-10-19(23)22(20)16-18-8-5-4-6-9-18/h17-18H,3-16H2,1-2H3/t17-,20+/m0/s1. The molecular formula is C20H36N2O. The van der Waals surface area contributed by atoms with Gasteiger partial charge >= 0.3 is 0 Å². The van der Waals surface area contributed by atoms with Gasteiger partial charge in [0.15, 0.2) is 0 Å². The Labute approximate surface area is 142 Å². The van der Waals surface area contributed by atoms with E-state index < -0.39 is 0 Å². The van der Waals surface area contributed by atoms with Crippen LogP contribution in [0.25, 0.3) is 0 Å². The number of carbonyl (C=O) groups excluding carboxylic acids is 1. The molecule has 1 saturated carbocycles. The van der Waals surface area contributed by atoms with E-state index in [2.05, 4.69) is 23.6 Å². The van der Waals surface area contributed by atoms with Crippen molar-refractivity contribution in [3.63, 3.8) is 0 Å². The minimum atomic E-state index is 0.205. The molecule has 3 heteroatoms. The van der Waals surface area contributed by atoms with E-state index >= 15 is 0 Å². The average molecular weight is 321 g/mol. The summed E-state index contributed by atoms with van der Waals surface area (Å²) < 4.78 is 0. The molecule has 23 heavy (non-hydrogen) atoms. The molecule has 0 unspecified atom stereocenters. The lowest BCUT2D eigenvalue weighted by atomic mass is 9.84. The summed E-state index contributed by atoms with van der Waals surface area (Å²) in [6, 6.07) is 0.689. The van der Waals surface area contributed by atoms with E-state index in [0.717, 1.165) is 25.3 Å². The highest BCUT2D eigenvalue weighted by molar-refractivity contribution is 5.79. The van der Waals surface area contributed by atoms with E-state index in [0.29, 0.717) is 11.9 Å². The molecule has 0 aromatic carbocycles. The summed E-state index contributed by atoms with van der Waals surface area (Å²) in [5, 5.41) is 0. The summed E-state index contributed by atoms with van der Waals surface area (Å²) in [6.45, 7) is 8.12. The van der Waals surface area contributed by atoms with Crippen LogP contribution in [0, 0.1) is 5.92 Å². The second-order valence-corrected chi connectivity index (χ2v) is 8.38. The van der Waals surface area contributed by atoms with Crippen LogP contribution in [0.2, 0.25) is 0 Å². The lowest BCUT2D eigenvalue weighted by molar-refractivity contribution is -0.132. The van der Waals surface area contributed by atoms with Crippen LogP contribution >= 0.6 is 0 Å². The molecule has 0 N–H and O–H groups in total. The summed E-state index contributed by atoms with van der Waals surface area (Å²) in [5.41, 5.74) is 0.205. The highest BCUT2D eigenvalue weighted by Gasteiger charge is 2.46. The first-order valence-corrected chi connectivity index (χ1v) is 10.2. The van der Waals surface area contributed by atoms with Gasteiger partial charge in [0.2, 0.25) is 5.91 Å².